The van der Waals surface area contributed by atoms with Crippen molar-refractivity contribution >= 4 is 23.8 Å². The summed E-state index contributed by atoms with van der Waals surface area (Å²) in [6.45, 7) is 0.694. The van der Waals surface area contributed by atoms with Crippen LogP contribution in [0.5, 0.6) is 0 Å². The molecule has 1 heterocycles. The van der Waals surface area contributed by atoms with E-state index in [-0.39, 0.29) is 18.4 Å². The molecule has 1 N–H and O–H groups in total. The molecule has 0 spiro atoms. The van der Waals surface area contributed by atoms with Gasteiger partial charge in [0.05, 0.1) is 11.5 Å². The van der Waals surface area contributed by atoms with Crippen LogP contribution in [0.15, 0.2) is 29.2 Å². The first kappa shape index (κ1) is 12.7. The fraction of sp³-hybridized carbons (Fsp3) is 0.300. The fourth-order valence-electron chi connectivity index (χ4n) is 1.33. The monoisotopic (exact) mass is 270 g/mol. The van der Waals surface area contributed by atoms with E-state index >= 15 is 0 Å². The third kappa shape index (κ3) is 3.34. The maximum absolute atomic E-state index is 10.7. The highest BCUT2D eigenvalue weighted by Gasteiger charge is 2.22. The van der Waals surface area contributed by atoms with E-state index in [1.807, 2.05) is 0 Å². The lowest BCUT2D eigenvalue weighted by molar-refractivity contribution is -0.384. The Morgan fingerprint density at radius 3 is 2.78 bits per heavy atom. The molecule has 2 rings (SSSR count). The Balaban J connectivity index is 1.76. The number of hydrogen-bond acceptors (Lipinski definition) is 6. The van der Waals surface area contributed by atoms with Gasteiger partial charge in [-0.05, 0) is 12.1 Å². The third-order valence-corrected chi connectivity index (χ3v) is 2.92. The number of rotatable bonds is 5. The summed E-state index contributed by atoms with van der Waals surface area (Å²) in [5.41, 5.74) is 0.0354. The quantitative estimate of drug-likeness (QED) is 0.497. The Kier molecular flexibility index (Phi) is 4.00. The van der Waals surface area contributed by atoms with E-state index in [4.69, 9.17) is 8.92 Å². The number of hydrogen-bond donors (Lipinski definition) is 1. The third-order valence-electron chi connectivity index (χ3n) is 2.20. The Morgan fingerprint density at radius 2 is 2.22 bits per heavy atom. The molecule has 0 saturated carbocycles. The average molecular weight is 270 g/mol. The summed E-state index contributed by atoms with van der Waals surface area (Å²) in [5, 5.41) is 13.0. The van der Waals surface area contributed by atoms with Crippen LogP contribution in [0.25, 0.3) is 0 Å². The Hall–Kier alpha value is -1.80. The molecule has 7 nitrogen and oxygen atoms in total. The van der Waals surface area contributed by atoms with E-state index in [0.717, 1.165) is 16.9 Å². The number of nitrogens with zero attached hydrogens (tertiary/aromatic N) is 1. The van der Waals surface area contributed by atoms with E-state index in [9.17, 15) is 14.9 Å². The summed E-state index contributed by atoms with van der Waals surface area (Å²) in [6.07, 6.45) is -0.730. The summed E-state index contributed by atoms with van der Waals surface area (Å²) >= 11 is 1.09. The standard InChI is InChI=1S/C10H10N2O5S/c13-10-11-5-8(17-10)6-16-18-9-3-1-7(2-4-9)12(14)15/h1-4,8H,5-6H2,(H,11,13). The summed E-state index contributed by atoms with van der Waals surface area (Å²) in [7, 11) is 0. The molecule has 1 saturated heterocycles. The number of carbonyl (C=O) groups excluding carboxylic acids is 1. The molecule has 0 aliphatic carbocycles. The predicted octanol–water partition coefficient (Wildman–Crippen LogP) is 1.73. The van der Waals surface area contributed by atoms with Gasteiger partial charge in [-0.2, -0.15) is 0 Å². The first-order valence-corrected chi connectivity index (χ1v) is 5.88. The van der Waals surface area contributed by atoms with Crippen LogP contribution in [-0.4, -0.2) is 30.3 Å². The number of alkyl carbamates (subject to hydrolysis) is 1. The van der Waals surface area contributed by atoms with Crippen LogP contribution in [0, 0.1) is 10.1 Å². The molecule has 1 aromatic rings. The van der Waals surface area contributed by atoms with Gasteiger partial charge in [0, 0.05) is 29.1 Å². The van der Waals surface area contributed by atoms with Crippen molar-refractivity contribution in [2.45, 2.75) is 11.0 Å². The van der Waals surface area contributed by atoms with Crippen molar-refractivity contribution in [3.8, 4) is 0 Å². The van der Waals surface area contributed by atoms with Crippen LogP contribution < -0.4 is 5.32 Å². The molecule has 1 aromatic carbocycles. The zero-order valence-corrected chi connectivity index (χ0v) is 10.0. The minimum absolute atomic E-state index is 0.0354. The highest BCUT2D eigenvalue weighted by molar-refractivity contribution is 7.94. The average Bonchev–Trinajstić information content (AvgIpc) is 2.76. The molecule has 1 amide bonds. The minimum atomic E-state index is -0.459. The number of cyclic esters (lactones) is 1. The number of carbonyl (C=O) groups is 1. The summed E-state index contributed by atoms with van der Waals surface area (Å²) < 4.78 is 10.2. The summed E-state index contributed by atoms with van der Waals surface area (Å²) in [5.74, 6) is 0. The lowest BCUT2D eigenvalue weighted by Gasteiger charge is -2.07. The van der Waals surface area contributed by atoms with Crippen molar-refractivity contribution in [3.05, 3.63) is 34.4 Å². The topological polar surface area (TPSA) is 90.7 Å². The van der Waals surface area contributed by atoms with Crippen molar-refractivity contribution < 1.29 is 18.6 Å². The number of ether oxygens (including phenoxy) is 1. The van der Waals surface area contributed by atoms with E-state index in [1.54, 1.807) is 12.1 Å². The van der Waals surface area contributed by atoms with E-state index < -0.39 is 11.0 Å². The Morgan fingerprint density at radius 1 is 1.50 bits per heavy atom. The molecular formula is C10H10N2O5S. The molecule has 0 bridgehead atoms. The van der Waals surface area contributed by atoms with Gasteiger partial charge >= 0.3 is 6.09 Å². The van der Waals surface area contributed by atoms with Crippen LogP contribution in [0.2, 0.25) is 0 Å². The minimum Gasteiger partial charge on any atom is -0.442 e. The van der Waals surface area contributed by atoms with Gasteiger partial charge in [-0.25, -0.2) is 4.79 Å². The van der Waals surface area contributed by atoms with E-state index in [2.05, 4.69) is 5.32 Å². The van der Waals surface area contributed by atoms with Crippen molar-refractivity contribution in [3.63, 3.8) is 0 Å². The molecular weight excluding hydrogens is 260 g/mol. The van der Waals surface area contributed by atoms with Gasteiger partial charge in [0.1, 0.15) is 12.7 Å². The smallest absolute Gasteiger partial charge is 0.407 e. The van der Waals surface area contributed by atoms with Gasteiger partial charge in [-0.3, -0.25) is 10.1 Å². The van der Waals surface area contributed by atoms with Gasteiger partial charge in [0.2, 0.25) is 0 Å². The van der Waals surface area contributed by atoms with Gasteiger partial charge in [-0.1, -0.05) is 0 Å². The lowest BCUT2D eigenvalue weighted by Crippen LogP contribution is -2.18. The van der Waals surface area contributed by atoms with E-state index in [0.29, 0.717) is 6.54 Å². The molecule has 1 unspecified atom stereocenters. The molecule has 96 valence electrons. The van der Waals surface area contributed by atoms with Crippen LogP contribution in [-0.2, 0) is 8.92 Å². The first-order chi connectivity index (χ1) is 8.65. The van der Waals surface area contributed by atoms with Gasteiger partial charge in [-0.15, -0.1) is 0 Å². The van der Waals surface area contributed by atoms with Crippen molar-refractivity contribution in [1.29, 1.82) is 0 Å². The molecule has 1 fully saturated rings. The van der Waals surface area contributed by atoms with Crippen LogP contribution >= 0.6 is 12.0 Å². The number of nitro benzene ring substituents is 1. The largest absolute Gasteiger partial charge is 0.442 e. The number of nitro groups is 1. The van der Waals surface area contributed by atoms with Crippen LogP contribution in [0.3, 0.4) is 0 Å². The zero-order valence-electron chi connectivity index (χ0n) is 9.20. The predicted molar refractivity (Wildman–Crippen MR) is 63.2 cm³/mol. The van der Waals surface area contributed by atoms with Crippen molar-refractivity contribution in [1.82, 2.24) is 5.32 Å². The SMILES string of the molecule is O=C1NCC(COSc2ccc([N+](=O)[O-])cc2)O1. The molecule has 18 heavy (non-hydrogen) atoms. The second-order valence-electron chi connectivity index (χ2n) is 3.53. The van der Waals surface area contributed by atoms with E-state index in [1.165, 1.54) is 12.1 Å². The molecule has 1 aliphatic rings. The summed E-state index contributed by atoms with van der Waals surface area (Å²) in [6, 6.07) is 6.01. The number of nitrogens with one attached hydrogen (secondary N) is 1. The highest BCUT2D eigenvalue weighted by Crippen LogP contribution is 2.22. The fourth-order valence-corrected chi connectivity index (χ4v) is 1.93. The molecule has 8 heteroatoms. The number of amides is 1. The molecule has 0 radical (unpaired) electrons. The molecule has 0 aromatic heterocycles. The van der Waals surface area contributed by atoms with Crippen molar-refractivity contribution in [2.75, 3.05) is 13.2 Å². The van der Waals surface area contributed by atoms with Gasteiger partial charge in [0.15, 0.2) is 0 Å². The molecule has 1 aliphatic heterocycles. The zero-order chi connectivity index (χ0) is 13.0. The van der Waals surface area contributed by atoms with Crippen molar-refractivity contribution in [2.24, 2.45) is 0 Å². The number of non-ortho nitro benzene ring substituents is 1. The Bertz CT molecular complexity index is 450. The first-order valence-electron chi connectivity index (χ1n) is 5.13. The molecule has 1 atom stereocenters. The summed E-state index contributed by atoms with van der Waals surface area (Å²) in [4.78, 5) is 21.5. The second kappa shape index (κ2) is 5.69. The maximum Gasteiger partial charge on any atom is 0.407 e. The van der Waals surface area contributed by atoms with Gasteiger partial charge < -0.3 is 14.2 Å². The lowest BCUT2D eigenvalue weighted by atomic mass is 10.3. The number of benzene rings is 1. The van der Waals surface area contributed by atoms with Crippen LogP contribution in [0.4, 0.5) is 10.5 Å². The highest BCUT2D eigenvalue weighted by atomic mass is 32.2. The van der Waals surface area contributed by atoms with Crippen LogP contribution in [0.1, 0.15) is 0 Å². The maximum atomic E-state index is 10.7. The Labute approximate surface area is 107 Å². The van der Waals surface area contributed by atoms with Gasteiger partial charge in [0.25, 0.3) is 5.69 Å². The normalized spacial score (nSPS) is 18.2. The second-order valence-corrected chi connectivity index (χ2v) is 4.40.